The Morgan fingerprint density at radius 3 is 1.93 bits per heavy atom. The van der Waals surface area contributed by atoms with Gasteiger partial charge < -0.3 is 26.2 Å². The van der Waals surface area contributed by atoms with Crippen molar-refractivity contribution in [1.82, 2.24) is 5.32 Å². The minimum atomic E-state index is -4.40. The minimum absolute atomic E-state index is 0.0408. The van der Waals surface area contributed by atoms with Gasteiger partial charge in [-0.15, -0.1) is 0 Å². The molecule has 0 spiro atoms. The molecule has 0 radical (unpaired) electrons. The number of unbranched alkanes of at least 4 members (excludes halogenated alkanes) is 12. The summed E-state index contributed by atoms with van der Waals surface area (Å²) in [7, 11) is -4.40. The summed E-state index contributed by atoms with van der Waals surface area (Å²) in [6, 6.07) is -1.00. The van der Waals surface area contributed by atoms with E-state index in [4.69, 9.17) is 14.8 Å². The third-order valence-corrected chi connectivity index (χ3v) is 8.42. The van der Waals surface area contributed by atoms with Crippen molar-refractivity contribution >= 4 is 13.7 Å². The predicted molar refractivity (Wildman–Crippen MR) is 190 cm³/mol. The number of allylic oxidation sites excluding steroid dienone is 7. The molecule has 46 heavy (non-hydrogen) atoms. The van der Waals surface area contributed by atoms with Gasteiger partial charge >= 0.3 is 7.82 Å². The van der Waals surface area contributed by atoms with Crippen molar-refractivity contribution in [2.45, 2.75) is 154 Å². The third-order valence-electron chi connectivity index (χ3n) is 7.43. The molecule has 0 bridgehead atoms. The molecule has 268 valence electrons. The average Bonchev–Trinajstić information content (AvgIpc) is 3.03. The number of nitrogens with one attached hydrogen (secondary N) is 1. The molecular formula is C36H67N2O7P. The maximum Gasteiger partial charge on any atom is 0.472 e. The number of phosphoric ester groups is 1. The summed E-state index contributed by atoms with van der Waals surface area (Å²) in [6.45, 7) is 3.82. The SMILES string of the molecule is CCCCC/C=C\C/C=C\CCCCCCCC(O)CC(=O)NC(COP(=O)(O)OCCN)C(O)/C=C/CC/C=C/CCCCC. The number of carbonyl (C=O) groups excluding carboxylic acids is 1. The van der Waals surface area contributed by atoms with Gasteiger partial charge in [0.05, 0.1) is 37.9 Å². The zero-order chi connectivity index (χ0) is 34.1. The van der Waals surface area contributed by atoms with Crippen molar-refractivity contribution in [2.24, 2.45) is 5.73 Å². The lowest BCUT2D eigenvalue weighted by Crippen LogP contribution is -2.46. The molecule has 6 N–H and O–H groups in total. The molecule has 0 aliphatic carbocycles. The summed E-state index contributed by atoms with van der Waals surface area (Å²) < 4.78 is 21.9. The molecule has 0 aliphatic heterocycles. The van der Waals surface area contributed by atoms with Gasteiger partial charge in [-0.05, 0) is 64.2 Å². The number of amides is 1. The first kappa shape index (κ1) is 44.4. The molecule has 0 aromatic carbocycles. The summed E-state index contributed by atoms with van der Waals surface area (Å²) in [4.78, 5) is 22.5. The summed E-state index contributed by atoms with van der Waals surface area (Å²) in [5, 5.41) is 23.8. The van der Waals surface area contributed by atoms with Crippen molar-refractivity contribution in [2.75, 3.05) is 19.8 Å². The van der Waals surface area contributed by atoms with Gasteiger partial charge in [-0.25, -0.2) is 4.57 Å². The van der Waals surface area contributed by atoms with Crippen LogP contribution in [0, 0.1) is 0 Å². The lowest BCUT2D eigenvalue weighted by molar-refractivity contribution is -0.124. The van der Waals surface area contributed by atoms with Gasteiger partial charge in [-0.3, -0.25) is 13.8 Å². The van der Waals surface area contributed by atoms with E-state index in [1.54, 1.807) is 6.08 Å². The fourth-order valence-corrected chi connectivity index (χ4v) is 5.45. The Hall–Kier alpha value is -1.58. The van der Waals surface area contributed by atoms with E-state index < -0.39 is 38.6 Å². The average molecular weight is 671 g/mol. The highest BCUT2D eigenvalue weighted by atomic mass is 31.2. The second-order valence-corrected chi connectivity index (χ2v) is 13.4. The highest BCUT2D eigenvalue weighted by molar-refractivity contribution is 7.47. The van der Waals surface area contributed by atoms with Crippen molar-refractivity contribution in [3.8, 4) is 0 Å². The zero-order valence-corrected chi connectivity index (χ0v) is 29.8. The Labute approximate surface area is 280 Å². The fourth-order valence-electron chi connectivity index (χ4n) is 4.69. The second-order valence-electron chi connectivity index (χ2n) is 11.9. The summed E-state index contributed by atoms with van der Waals surface area (Å²) in [5.41, 5.74) is 5.32. The smallest absolute Gasteiger partial charge is 0.393 e. The Bertz CT molecular complexity index is 878. The Kier molecular flexibility index (Phi) is 30.9. The molecule has 1 amide bonds. The van der Waals surface area contributed by atoms with Gasteiger partial charge in [-0.1, -0.05) is 114 Å². The Balaban J connectivity index is 4.47. The van der Waals surface area contributed by atoms with E-state index in [0.717, 1.165) is 57.8 Å². The van der Waals surface area contributed by atoms with Gasteiger partial charge in [0.25, 0.3) is 0 Å². The van der Waals surface area contributed by atoms with Crippen molar-refractivity contribution in [3.05, 3.63) is 48.6 Å². The van der Waals surface area contributed by atoms with Gasteiger partial charge in [0.2, 0.25) is 5.91 Å². The number of phosphoric acid groups is 1. The first-order chi connectivity index (χ1) is 22.3. The largest absolute Gasteiger partial charge is 0.472 e. The predicted octanol–water partition coefficient (Wildman–Crippen LogP) is 7.96. The number of hydrogen-bond donors (Lipinski definition) is 5. The summed E-state index contributed by atoms with van der Waals surface area (Å²) in [5.74, 6) is -0.471. The van der Waals surface area contributed by atoms with Crippen LogP contribution < -0.4 is 11.1 Å². The number of aliphatic hydroxyl groups excluding tert-OH is 2. The van der Waals surface area contributed by atoms with Crippen molar-refractivity contribution in [3.63, 3.8) is 0 Å². The van der Waals surface area contributed by atoms with Crippen molar-refractivity contribution < 1.29 is 33.5 Å². The van der Waals surface area contributed by atoms with E-state index in [1.807, 2.05) is 6.08 Å². The lowest BCUT2D eigenvalue weighted by atomic mass is 10.0. The van der Waals surface area contributed by atoms with Crippen LogP contribution in [0.15, 0.2) is 48.6 Å². The van der Waals surface area contributed by atoms with E-state index in [2.05, 4.69) is 55.6 Å². The summed E-state index contributed by atoms with van der Waals surface area (Å²) in [6.07, 6.45) is 33.5. The molecule has 4 atom stereocenters. The monoisotopic (exact) mass is 670 g/mol. The van der Waals surface area contributed by atoms with Crippen LogP contribution in [0.1, 0.15) is 136 Å². The van der Waals surface area contributed by atoms with Gasteiger partial charge in [0, 0.05) is 6.54 Å². The molecule has 0 heterocycles. The number of rotatable bonds is 32. The van der Waals surface area contributed by atoms with Crippen LogP contribution in [0.4, 0.5) is 0 Å². The van der Waals surface area contributed by atoms with Crippen LogP contribution in [-0.2, 0) is 18.4 Å². The van der Waals surface area contributed by atoms with E-state index in [-0.39, 0.29) is 19.6 Å². The molecule has 0 saturated carbocycles. The van der Waals surface area contributed by atoms with Crippen molar-refractivity contribution in [1.29, 1.82) is 0 Å². The Morgan fingerprint density at radius 2 is 1.30 bits per heavy atom. The Morgan fingerprint density at radius 1 is 0.761 bits per heavy atom. The normalized spacial score (nSPS) is 15.7. The molecule has 0 rings (SSSR count). The van der Waals surface area contributed by atoms with Crippen LogP contribution >= 0.6 is 7.82 Å². The molecule has 0 saturated heterocycles. The summed E-state index contributed by atoms with van der Waals surface area (Å²) >= 11 is 0. The van der Waals surface area contributed by atoms with Crippen LogP contribution in [-0.4, -0.2) is 59.0 Å². The first-order valence-corrected chi connectivity index (χ1v) is 19.3. The van der Waals surface area contributed by atoms with E-state index >= 15 is 0 Å². The highest BCUT2D eigenvalue weighted by Gasteiger charge is 2.27. The maximum atomic E-state index is 12.7. The molecule has 0 aromatic rings. The quantitative estimate of drug-likeness (QED) is 0.0275. The van der Waals surface area contributed by atoms with Gasteiger partial charge in [0.15, 0.2) is 0 Å². The molecule has 4 unspecified atom stereocenters. The lowest BCUT2D eigenvalue weighted by Gasteiger charge is -2.24. The van der Waals surface area contributed by atoms with E-state index in [1.165, 1.54) is 44.9 Å². The maximum absolute atomic E-state index is 12.7. The molecule has 10 heteroatoms. The van der Waals surface area contributed by atoms with E-state index in [9.17, 15) is 24.5 Å². The molecule has 0 aromatic heterocycles. The van der Waals surface area contributed by atoms with Gasteiger partial charge in [0.1, 0.15) is 0 Å². The zero-order valence-electron chi connectivity index (χ0n) is 28.9. The third kappa shape index (κ3) is 29.8. The van der Waals surface area contributed by atoms with E-state index in [0.29, 0.717) is 12.8 Å². The highest BCUT2D eigenvalue weighted by Crippen LogP contribution is 2.43. The number of nitrogens with two attached hydrogens (primary N) is 1. The minimum Gasteiger partial charge on any atom is -0.393 e. The van der Waals surface area contributed by atoms with Crippen LogP contribution in [0.5, 0.6) is 0 Å². The van der Waals surface area contributed by atoms with Crippen LogP contribution in [0.25, 0.3) is 0 Å². The molecule has 9 nitrogen and oxygen atoms in total. The second kappa shape index (κ2) is 32.0. The molecule has 0 fully saturated rings. The van der Waals surface area contributed by atoms with Crippen LogP contribution in [0.3, 0.4) is 0 Å². The number of hydrogen-bond acceptors (Lipinski definition) is 7. The van der Waals surface area contributed by atoms with Gasteiger partial charge in [-0.2, -0.15) is 0 Å². The number of aliphatic hydroxyl groups is 2. The fraction of sp³-hybridized carbons (Fsp3) is 0.750. The molecular weight excluding hydrogens is 603 g/mol. The first-order valence-electron chi connectivity index (χ1n) is 17.8. The topological polar surface area (TPSA) is 151 Å². The standard InChI is InChI=1S/C36H67N2O7P/c1-3-5-7-9-11-13-14-15-16-17-18-20-21-23-25-27-33(39)31-36(41)38-34(32-45-46(42,43)44-30-29-37)35(40)28-26-24-22-19-12-10-8-6-4-2/h11-13,15-16,19,26,28,33-35,39-40H,3-10,14,17-18,20-25,27,29-32,37H2,1-2H3,(H,38,41)(H,42,43)/b13-11-,16-15-,19-12+,28-26+. The number of carbonyl (C=O) groups is 1. The molecule has 0 aliphatic rings. The van der Waals surface area contributed by atoms with Crippen LogP contribution in [0.2, 0.25) is 0 Å².